The lowest BCUT2D eigenvalue weighted by Crippen LogP contribution is -2.35. The van der Waals surface area contributed by atoms with Crippen molar-refractivity contribution in [1.29, 1.82) is 0 Å². The molecule has 2 aromatic rings. The zero-order valence-electron chi connectivity index (χ0n) is 12.1. The molecule has 2 rings (SSSR count). The van der Waals surface area contributed by atoms with Crippen LogP contribution in [0.1, 0.15) is 30.8 Å². The Morgan fingerprint density at radius 1 is 1.16 bits per heavy atom. The number of aryl methyl sites for hydroxylation is 2. The van der Waals surface area contributed by atoms with Crippen LogP contribution >= 0.6 is 0 Å². The first kappa shape index (κ1) is 13.7. The fourth-order valence-electron chi connectivity index (χ4n) is 2.05. The molecular formula is C16H21N3. The van der Waals surface area contributed by atoms with E-state index in [1.54, 1.807) is 0 Å². The highest BCUT2D eigenvalue weighted by molar-refractivity contribution is 5.64. The molecule has 19 heavy (non-hydrogen) atoms. The molecule has 0 fully saturated rings. The fourth-order valence-corrected chi connectivity index (χ4v) is 2.05. The summed E-state index contributed by atoms with van der Waals surface area (Å²) in [5.41, 5.74) is 10.3. The summed E-state index contributed by atoms with van der Waals surface area (Å²) in [6, 6.07) is 8.35. The van der Waals surface area contributed by atoms with Crippen molar-refractivity contribution in [3.8, 4) is 11.3 Å². The van der Waals surface area contributed by atoms with Gasteiger partial charge in [0.1, 0.15) is 5.82 Å². The van der Waals surface area contributed by atoms with Crippen molar-refractivity contribution in [2.45, 2.75) is 39.7 Å². The minimum absolute atomic E-state index is 0.291. The Balaban J connectivity index is 2.40. The monoisotopic (exact) mass is 255 g/mol. The van der Waals surface area contributed by atoms with Gasteiger partial charge in [0.2, 0.25) is 0 Å². The van der Waals surface area contributed by atoms with Gasteiger partial charge in [-0.1, -0.05) is 17.7 Å². The van der Waals surface area contributed by atoms with Gasteiger partial charge >= 0.3 is 0 Å². The minimum Gasteiger partial charge on any atom is -0.325 e. The lowest BCUT2D eigenvalue weighted by molar-refractivity contribution is 0.502. The second-order valence-corrected chi connectivity index (χ2v) is 5.84. The van der Waals surface area contributed by atoms with Gasteiger partial charge in [-0.3, -0.25) is 0 Å². The number of rotatable bonds is 3. The Morgan fingerprint density at radius 2 is 1.89 bits per heavy atom. The maximum absolute atomic E-state index is 6.03. The molecule has 2 N–H and O–H groups in total. The van der Waals surface area contributed by atoms with Crippen molar-refractivity contribution in [2.24, 2.45) is 5.73 Å². The molecule has 0 atom stereocenters. The third-order valence-electron chi connectivity index (χ3n) is 2.99. The van der Waals surface area contributed by atoms with Crippen molar-refractivity contribution in [1.82, 2.24) is 9.97 Å². The van der Waals surface area contributed by atoms with Gasteiger partial charge in [-0.15, -0.1) is 0 Å². The van der Waals surface area contributed by atoms with E-state index < -0.39 is 0 Å². The second kappa shape index (κ2) is 5.10. The molecule has 100 valence electrons. The van der Waals surface area contributed by atoms with Crippen LogP contribution < -0.4 is 5.73 Å². The normalized spacial score (nSPS) is 11.6. The van der Waals surface area contributed by atoms with E-state index in [2.05, 4.69) is 42.0 Å². The topological polar surface area (TPSA) is 51.8 Å². The molecule has 0 aliphatic heterocycles. The summed E-state index contributed by atoms with van der Waals surface area (Å²) in [5, 5.41) is 0. The van der Waals surface area contributed by atoms with Crippen LogP contribution in [0.15, 0.2) is 30.5 Å². The van der Waals surface area contributed by atoms with E-state index in [0.717, 1.165) is 11.5 Å². The summed E-state index contributed by atoms with van der Waals surface area (Å²) in [7, 11) is 0. The summed E-state index contributed by atoms with van der Waals surface area (Å²) in [6.07, 6.45) is 2.48. The minimum atomic E-state index is -0.291. The predicted molar refractivity (Wildman–Crippen MR) is 78.9 cm³/mol. The molecule has 1 aromatic carbocycles. The summed E-state index contributed by atoms with van der Waals surface area (Å²) in [5.74, 6) is 0.797. The van der Waals surface area contributed by atoms with Crippen LogP contribution in [0.4, 0.5) is 0 Å². The highest BCUT2D eigenvalue weighted by Crippen LogP contribution is 2.22. The van der Waals surface area contributed by atoms with Crippen LogP contribution in [0.2, 0.25) is 0 Å². The third kappa shape index (κ3) is 3.61. The zero-order chi connectivity index (χ0) is 14.0. The molecule has 3 nitrogen and oxygen atoms in total. The number of hydrogen-bond acceptors (Lipinski definition) is 3. The van der Waals surface area contributed by atoms with Crippen LogP contribution in [0.3, 0.4) is 0 Å². The number of hydrogen-bond donors (Lipinski definition) is 1. The molecular weight excluding hydrogens is 234 g/mol. The maximum Gasteiger partial charge on any atom is 0.130 e. The van der Waals surface area contributed by atoms with E-state index in [9.17, 15) is 0 Å². The first-order valence-corrected chi connectivity index (χ1v) is 6.53. The van der Waals surface area contributed by atoms with Gasteiger partial charge in [0.25, 0.3) is 0 Å². The highest BCUT2D eigenvalue weighted by atomic mass is 14.9. The predicted octanol–water partition coefficient (Wildman–Crippen LogP) is 3.04. The third-order valence-corrected chi connectivity index (χ3v) is 2.99. The van der Waals surface area contributed by atoms with Gasteiger partial charge in [0, 0.05) is 23.7 Å². The van der Waals surface area contributed by atoms with Gasteiger partial charge in [-0.05, 0) is 45.4 Å². The molecule has 0 bridgehead atoms. The Bertz CT molecular complexity index is 583. The van der Waals surface area contributed by atoms with Crippen molar-refractivity contribution in [3.05, 3.63) is 47.4 Å². The van der Waals surface area contributed by atoms with Gasteiger partial charge in [-0.2, -0.15) is 0 Å². The number of nitrogens with two attached hydrogens (primary N) is 1. The molecule has 0 unspecified atom stereocenters. The molecule has 0 radical (unpaired) electrons. The molecule has 0 saturated heterocycles. The average Bonchev–Trinajstić information content (AvgIpc) is 2.30. The molecule has 0 aliphatic carbocycles. The molecule has 0 amide bonds. The average molecular weight is 255 g/mol. The summed E-state index contributed by atoms with van der Waals surface area (Å²) in [6.45, 7) is 8.17. The first-order chi connectivity index (χ1) is 8.85. The van der Waals surface area contributed by atoms with E-state index in [1.165, 1.54) is 16.7 Å². The van der Waals surface area contributed by atoms with Crippen LogP contribution in [0.5, 0.6) is 0 Å². The number of aromatic nitrogens is 2. The quantitative estimate of drug-likeness (QED) is 0.917. The van der Waals surface area contributed by atoms with Crippen LogP contribution in [0.25, 0.3) is 11.3 Å². The Kier molecular flexibility index (Phi) is 3.67. The van der Waals surface area contributed by atoms with E-state index in [1.807, 2.05) is 26.1 Å². The standard InChI is InChI=1S/C16H21N3/c1-11-5-6-12(2)13(9-11)14-7-8-18-15(19-14)10-16(3,4)17/h5-9H,10,17H2,1-4H3. The van der Waals surface area contributed by atoms with E-state index in [-0.39, 0.29) is 5.54 Å². The molecule has 3 heteroatoms. The molecule has 0 saturated carbocycles. The van der Waals surface area contributed by atoms with Crippen molar-refractivity contribution in [3.63, 3.8) is 0 Å². The van der Waals surface area contributed by atoms with Gasteiger partial charge < -0.3 is 5.73 Å². The van der Waals surface area contributed by atoms with E-state index >= 15 is 0 Å². The number of benzene rings is 1. The molecule has 0 spiro atoms. The fraction of sp³-hybridized carbons (Fsp3) is 0.375. The van der Waals surface area contributed by atoms with Gasteiger partial charge in [0.15, 0.2) is 0 Å². The summed E-state index contributed by atoms with van der Waals surface area (Å²) < 4.78 is 0. The Morgan fingerprint density at radius 3 is 2.58 bits per heavy atom. The second-order valence-electron chi connectivity index (χ2n) is 5.84. The highest BCUT2D eigenvalue weighted by Gasteiger charge is 2.14. The van der Waals surface area contributed by atoms with Crippen LogP contribution in [-0.4, -0.2) is 15.5 Å². The van der Waals surface area contributed by atoms with E-state index in [4.69, 9.17) is 5.73 Å². The smallest absolute Gasteiger partial charge is 0.130 e. The van der Waals surface area contributed by atoms with Crippen LogP contribution in [-0.2, 0) is 6.42 Å². The SMILES string of the molecule is Cc1ccc(C)c(-c2ccnc(CC(C)(C)N)n2)c1. The first-order valence-electron chi connectivity index (χ1n) is 6.53. The largest absolute Gasteiger partial charge is 0.325 e. The maximum atomic E-state index is 6.03. The van der Waals surface area contributed by atoms with Crippen molar-refractivity contribution in [2.75, 3.05) is 0 Å². The van der Waals surface area contributed by atoms with Gasteiger partial charge in [-0.25, -0.2) is 9.97 Å². The van der Waals surface area contributed by atoms with E-state index in [0.29, 0.717) is 6.42 Å². The number of nitrogens with zero attached hydrogens (tertiary/aromatic N) is 2. The zero-order valence-corrected chi connectivity index (χ0v) is 12.1. The molecule has 1 aromatic heterocycles. The van der Waals surface area contributed by atoms with Crippen molar-refractivity contribution >= 4 is 0 Å². The van der Waals surface area contributed by atoms with Crippen molar-refractivity contribution < 1.29 is 0 Å². The van der Waals surface area contributed by atoms with Gasteiger partial charge in [0.05, 0.1) is 5.69 Å². The summed E-state index contributed by atoms with van der Waals surface area (Å²) >= 11 is 0. The lowest BCUT2D eigenvalue weighted by atomic mass is 10.0. The lowest BCUT2D eigenvalue weighted by Gasteiger charge is -2.17. The molecule has 1 heterocycles. The van der Waals surface area contributed by atoms with Crippen LogP contribution in [0, 0.1) is 13.8 Å². The summed E-state index contributed by atoms with van der Waals surface area (Å²) in [4.78, 5) is 8.95. The molecule has 0 aliphatic rings. The Hall–Kier alpha value is -1.74. The Labute approximate surface area is 114 Å².